The van der Waals surface area contributed by atoms with Crippen molar-refractivity contribution in [2.24, 2.45) is 0 Å². The van der Waals surface area contributed by atoms with Gasteiger partial charge in [0.25, 0.3) is 5.69 Å². The first-order valence-electron chi connectivity index (χ1n) is 8.18. The van der Waals surface area contributed by atoms with Crippen LogP contribution in [0.2, 0.25) is 0 Å². The Morgan fingerprint density at radius 3 is 1.61 bits per heavy atom. The molecule has 0 atom stereocenters. The van der Waals surface area contributed by atoms with Crippen LogP contribution in [0.25, 0.3) is 10.6 Å². The predicted octanol–water partition coefficient (Wildman–Crippen LogP) is 6.78. The third-order valence-electron chi connectivity index (χ3n) is 3.49. The second kappa shape index (κ2) is 12.5. The number of hydrogen-bond donors (Lipinski definition) is 0. The molecule has 0 bridgehead atoms. The second-order valence-corrected chi connectivity index (χ2v) is 9.17. The Morgan fingerprint density at radius 1 is 0.857 bits per heavy atom. The normalized spacial score (nSPS) is 9.50. The molecule has 1 heterocycles. The van der Waals surface area contributed by atoms with Gasteiger partial charge in [-0.3, -0.25) is 15.1 Å². The van der Waals surface area contributed by atoms with Crippen LogP contribution >= 0.6 is 17.0 Å². The summed E-state index contributed by atoms with van der Waals surface area (Å²) in [5.41, 5.74) is 2.73. The van der Waals surface area contributed by atoms with Crippen LogP contribution in [-0.2, 0) is 33.9 Å². The van der Waals surface area contributed by atoms with Gasteiger partial charge in [0, 0.05) is 23.5 Å². The number of hydrogen-bond acceptors (Lipinski definition) is 3. The van der Waals surface area contributed by atoms with Crippen LogP contribution in [-0.4, -0.2) is 9.91 Å². The molecule has 3 aromatic rings. The molecule has 9 heteroatoms. The number of para-hydroxylation sites is 2. The summed E-state index contributed by atoms with van der Waals surface area (Å²) in [4.78, 5) is 15.2. The molecule has 0 saturated carbocycles. The zero-order valence-corrected chi connectivity index (χ0v) is 18.7. The van der Waals surface area contributed by atoms with Crippen LogP contribution in [0.1, 0.15) is 11.4 Å². The molecule has 0 aliphatic heterocycles. The van der Waals surface area contributed by atoms with Crippen molar-refractivity contribution in [3.05, 3.63) is 105 Å². The number of pyridine rings is 1. The number of nitro groups is 1. The SMILES string of the molecule is O=[N+]([O-])c1cc(C[N-]c2ccccc2)nc(C[N-]c2ccccc2)c1.[Cl][Zr+2][Cl]. The van der Waals surface area contributed by atoms with Crippen LogP contribution in [0.4, 0.5) is 17.1 Å². The molecule has 0 spiro atoms. The van der Waals surface area contributed by atoms with Crippen molar-refractivity contribution in [3.8, 4) is 0 Å². The molecule has 0 N–H and O–H groups in total. The molecular formula is C19H16Cl2N4O2Zr. The van der Waals surface area contributed by atoms with E-state index in [1.165, 1.54) is 12.1 Å². The van der Waals surface area contributed by atoms with Crippen molar-refractivity contribution in [1.29, 1.82) is 0 Å². The van der Waals surface area contributed by atoms with E-state index in [1.807, 2.05) is 60.7 Å². The average molecular weight is 494 g/mol. The van der Waals surface area contributed by atoms with Gasteiger partial charge in [-0.05, 0) is 0 Å². The maximum atomic E-state index is 11.2. The van der Waals surface area contributed by atoms with Crippen molar-refractivity contribution >= 4 is 34.1 Å². The molecule has 0 aliphatic carbocycles. The molecule has 0 amide bonds. The van der Waals surface area contributed by atoms with E-state index in [4.69, 9.17) is 17.0 Å². The molecule has 0 fully saturated rings. The zero-order valence-electron chi connectivity index (χ0n) is 14.7. The Labute approximate surface area is 182 Å². The van der Waals surface area contributed by atoms with E-state index in [2.05, 4.69) is 15.6 Å². The Hall–Kier alpha value is -1.95. The van der Waals surface area contributed by atoms with Gasteiger partial charge in [-0.2, -0.15) is 0 Å². The molecule has 3 rings (SSSR count). The van der Waals surface area contributed by atoms with Crippen LogP contribution in [0.3, 0.4) is 0 Å². The molecule has 6 nitrogen and oxygen atoms in total. The topological polar surface area (TPSA) is 84.2 Å². The summed E-state index contributed by atoms with van der Waals surface area (Å²) in [6, 6.07) is 21.8. The summed E-state index contributed by atoms with van der Waals surface area (Å²) in [6.07, 6.45) is 0. The van der Waals surface area contributed by atoms with E-state index in [-0.39, 0.29) is 18.8 Å². The van der Waals surface area contributed by atoms with Crippen LogP contribution < -0.4 is 0 Å². The predicted molar refractivity (Wildman–Crippen MR) is 109 cm³/mol. The standard InChI is InChI=1S/C19H16N4O2.2ClH.Zr/c24-23(25)19-11-17(13-20-15-7-3-1-4-8-15)22-18(12-19)14-21-16-9-5-2-6-10-16;;;/h1-12H,13-14H2;2*1H;/q-2;;;+4/p-2. The molecule has 0 unspecified atom stereocenters. The Morgan fingerprint density at radius 2 is 1.25 bits per heavy atom. The van der Waals surface area contributed by atoms with E-state index in [9.17, 15) is 10.1 Å². The van der Waals surface area contributed by atoms with Gasteiger partial charge < -0.3 is 10.6 Å². The molecule has 0 radical (unpaired) electrons. The summed E-state index contributed by atoms with van der Waals surface area (Å²) < 4.78 is 0. The fourth-order valence-corrected chi connectivity index (χ4v) is 2.31. The van der Waals surface area contributed by atoms with Crippen LogP contribution in [0.15, 0.2) is 72.8 Å². The fraction of sp³-hybridized carbons (Fsp3) is 0.105. The van der Waals surface area contributed by atoms with E-state index in [1.54, 1.807) is 0 Å². The minimum absolute atomic E-state index is 0.00604. The van der Waals surface area contributed by atoms with Crippen molar-refractivity contribution < 1.29 is 25.8 Å². The second-order valence-electron chi connectivity index (χ2n) is 5.44. The number of rotatable bonds is 7. The van der Waals surface area contributed by atoms with Gasteiger partial charge in [0.1, 0.15) is 0 Å². The van der Waals surface area contributed by atoms with Gasteiger partial charge in [0.2, 0.25) is 0 Å². The van der Waals surface area contributed by atoms with E-state index >= 15 is 0 Å². The van der Waals surface area contributed by atoms with Crippen molar-refractivity contribution in [3.63, 3.8) is 0 Å². The minimum atomic E-state index is -0.826. The molecule has 1 aromatic heterocycles. The quantitative estimate of drug-likeness (QED) is 0.268. The summed E-state index contributed by atoms with van der Waals surface area (Å²) in [7, 11) is 9.87. The van der Waals surface area contributed by atoms with E-state index in [0.717, 1.165) is 11.4 Å². The van der Waals surface area contributed by atoms with Gasteiger partial charge in [0.15, 0.2) is 0 Å². The molecular weight excluding hydrogens is 478 g/mol. The third-order valence-corrected chi connectivity index (χ3v) is 3.49. The number of nitrogens with zero attached hydrogens (tertiary/aromatic N) is 4. The Balaban J connectivity index is 0.000000878. The van der Waals surface area contributed by atoms with Gasteiger partial charge in [-0.1, -0.05) is 73.8 Å². The van der Waals surface area contributed by atoms with Gasteiger partial charge >= 0.3 is 37.9 Å². The average Bonchev–Trinajstić information content (AvgIpc) is 2.73. The first-order chi connectivity index (χ1) is 13.6. The number of halogens is 2. The monoisotopic (exact) mass is 492 g/mol. The van der Waals surface area contributed by atoms with E-state index in [0.29, 0.717) is 11.4 Å². The number of aromatic nitrogens is 1. The van der Waals surface area contributed by atoms with Crippen LogP contribution in [0.5, 0.6) is 0 Å². The Kier molecular flexibility index (Phi) is 9.97. The van der Waals surface area contributed by atoms with Crippen molar-refractivity contribution in [2.45, 2.75) is 13.1 Å². The Bertz CT molecular complexity index is 809. The molecule has 2 aromatic carbocycles. The van der Waals surface area contributed by atoms with Crippen molar-refractivity contribution in [1.82, 2.24) is 4.98 Å². The fourth-order valence-electron chi connectivity index (χ4n) is 2.31. The van der Waals surface area contributed by atoms with E-state index < -0.39 is 25.8 Å². The zero-order chi connectivity index (χ0) is 20.2. The summed E-state index contributed by atoms with van der Waals surface area (Å²) in [5.74, 6) is 0. The number of benzene rings is 2. The summed E-state index contributed by atoms with van der Waals surface area (Å²) in [6.45, 7) is 0.564. The first-order valence-corrected chi connectivity index (χ1v) is 14.5. The molecule has 142 valence electrons. The molecule has 0 saturated heterocycles. The maximum absolute atomic E-state index is 11.2. The first kappa shape index (κ1) is 22.3. The van der Waals surface area contributed by atoms with Crippen molar-refractivity contribution in [2.75, 3.05) is 0 Å². The third kappa shape index (κ3) is 7.97. The molecule has 28 heavy (non-hydrogen) atoms. The van der Waals surface area contributed by atoms with Crippen LogP contribution in [0, 0.1) is 10.1 Å². The van der Waals surface area contributed by atoms with Gasteiger partial charge in [-0.15, -0.1) is 11.4 Å². The van der Waals surface area contributed by atoms with Gasteiger partial charge in [0.05, 0.1) is 4.92 Å². The van der Waals surface area contributed by atoms with Gasteiger partial charge in [-0.25, -0.2) is 0 Å². The molecule has 0 aliphatic rings. The summed E-state index contributed by atoms with van der Waals surface area (Å²) in [5, 5.41) is 20.0. The summed E-state index contributed by atoms with van der Waals surface area (Å²) >= 11 is -0.826.